The monoisotopic (exact) mass is 155 g/mol. The van der Waals surface area contributed by atoms with Crippen LogP contribution in [-0.4, -0.2) is 18.7 Å². The van der Waals surface area contributed by atoms with Gasteiger partial charge in [-0.05, 0) is 12.8 Å². The van der Waals surface area contributed by atoms with Gasteiger partial charge in [-0.1, -0.05) is 6.42 Å². The van der Waals surface area contributed by atoms with Crippen molar-refractivity contribution >= 4 is 12.2 Å². The van der Waals surface area contributed by atoms with E-state index in [4.69, 9.17) is 0 Å². The van der Waals surface area contributed by atoms with E-state index >= 15 is 0 Å². The Balaban J connectivity index is 2.29. The van der Waals surface area contributed by atoms with Crippen LogP contribution in [0.4, 0.5) is 0 Å². The maximum atomic E-state index is 11.1. The molecule has 0 aliphatic heterocycles. The van der Waals surface area contributed by atoms with Crippen LogP contribution in [0.15, 0.2) is 0 Å². The molecule has 1 saturated carbocycles. The average Bonchev–Trinajstić information content (AvgIpc) is 2.03. The first-order valence-electron chi connectivity index (χ1n) is 4.04. The van der Waals surface area contributed by atoms with Crippen molar-refractivity contribution in [3.63, 3.8) is 0 Å². The maximum Gasteiger partial charge on any atom is 0.207 e. The minimum Gasteiger partial charge on any atom is -0.358 e. The second-order valence-electron chi connectivity index (χ2n) is 2.94. The highest BCUT2D eigenvalue weighted by Gasteiger charge is 2.21. The van der Waals surface area contributed by atoms with Gasteiger partial charge in [0.2, 0.25) is 6.41 Å². The first-order chi connectivity index (χ1) is 5.34. The van der Waals surface area contributed by atoms with E-state index in [9.17, 15) is 9.59 Å². The molecule has 3 heteroatoms. The highest BCUT2D eigenvalue weighted by Crippen LogP contribution is 2.19. The number of carbonyl (C=O) groups is 2. The molecule has 0 bridgehead atoms. The van der Waals surface area contributed by atoms with Gasteiger partial charge in [-0.15, -0.1) is 0 Å². The van der Waals surface area contributed by atoms with E-state index in [2.05, 4.69) is 5.32 Å². The second kappa shape index (κ2) is 4.11. The molecule has 0 aromatic heterocycles. The molecule has 1 unspecified atom stereocenters. The summed E-state index contributed by atoms with van der Waals surface area (Å²) in [5.74, 6) is 0.402. The molecule has 0 aromatic carbocycles. The molecule has 0 radical (unpaired) electrons. The Morgan fingerprint density at radius 1 is 1.55 bits per heavy atom. The summed E-state index contributed by atoms with van der Waals surface area (Å²) in [5, 5.41) is 2.55. The number of rotatable bonds is 3. The lowest BCUT2D eigenvalue weighted by molar-refractivity contribution is -0.124. The van der Waals surface area contributed by atoms with Gasteiger partial charge in [0.15, 0.2) is 0 Å². The van der Waals surface area contributed by atoms with Crippen molar-refractivity contribution in [1.29, 1.82) is 0 Å². The molecular weight excluding hydrogens is 142 g/mol. The van der Waals surface area contributed by atoms with Crippen LogP contribution >= 0.6 is 0 Å². The van der Waals surface area contributed by atoms with Crippen molar-refractivity contribution in [2.24, 2.45) is 5.92 Å². The van der Waals surface area contributed by atoms with Crippen LogP contribution in [-0.2, 0) is 9.59 Å². The van der Waals surface area contributed by atoms with Crippen LogP contribution in [0.2, 0.25) is 0 Å². The van der Waals surface area contributed by atoms with Gasteiger partial charge in [-0.25, -0.2) is 0 Å². The molecule has 1 rings (SSSR count). The van der Waals surface area contributed by atoms with Crippen molar-refractivity contribution in [1.82, 2.24) is 5.32 Å². The highest BCUT2D eigenvalue weighted by atomic mass is 16.1. The Labute approximate surface area is 66.2 Å². The quantitative estimate of drug-likeness (QED) is 0.603. The summed E-state index contributed by atoms with van der Waals surface area (Å²) in [4.78, 5) is 21.1. The van der Waals surface area contributed by atoms with Crippen molar-refractivity contribution in [3.8, 4) is 0 Å². The van der Waals surface area contributed by atoms with E-state index in [0.29, 0.717) is 25.2 Å². The SMILES string of the molecule is O=CNCC1CCCCC1=O. The average molecular weight is 155 g/mol. The van der Waals surface area contributed by atoms with Gasteiger partial charge < -0.3 is 5.32 Å². The lowest BCUT2D eigenvalue weighted by atomic mass is 9.88. The lowest BCUT2D eigenvalue weighted by Crippen LogP contribution is -2.29. The number of Topliss-reactive ketones (excluding diaryl/α,β-unsaturated/α-hetero) is 1. The first kappa shape index (κ1) is 8.24. The largest absolute Gasteiger partial charge is 0.358 e. The molecule has 62 valence electrons. The Hall–Kier alpha value is -0.860. The molecule has 1 amide bonds. The standard InChI is InChI=1S/C8H13NO2/c10-6-9-5-7-3-1-2-4-8(7)11/h6-7H,1-5H2,(H,9,10). The molecule has 1 aliphatic carbocycles. The zero-order valence-corrected chi connectivity index (χ0v) is 6.51. The van der Waals surface area contributed by atoms with Crippen molar-refractivity contribution in [2.45, 2.75) is 25.7 Å². The van der Waals surface area contributed by atoms with Crippen LogP contribution in [0.3, 0.4) is 0 Å². The second-order valence-corrected chi connectivity index (χ2v) is 2.94. The maximum absolute atomic E-state index is 11.1. The summed E-state index contributed by atoms with van der Waals surface area (Å²) in [7, 11) is 0. The lowest BCUT2D eigenvalue weighted by Gasteiger charge is -2.19. The van der Waals surface area contributed by atoms with E-state index in [1.54, 1.807) is 0 Å². The molecule has 11 heavy (non-hydrogen) atoms. The normalized spacial score (nSPS) is 24.7. The van der Waals surface area contributed by atoms with Crippen LogP contribution in [0, 0.1) is 5.92 Å². The minimum atomic E-state index is 0.0916. The Bertz CT molecular complexity index is 156. The summed E-state index contributed by atoms with van der Waals surface area (Å²) >= 11 is 0. The highest BCUT2D eigenvalue weighted by molar-refractivity contribution is 5.82. The summed E-state index contributed by atoms with van der Waals surface area (Å²) in [6, 6.07) is 0. The molecule has 1 atom stereocenters. The number of ketones is 1. The zero-order chi connectivity index (χ0) is 8.10. The van der Waals surface area contributed by atoms with Crippen LogP contribution in [0.25, 0.3) is 0 Å². The van der Waals surface area contributed by atoms with Gasteiger partial charge in [-0.3, -0.25) is 9.59 Å². The van der Waals surface area contributed by atoms with E-state index in [1.807, 2.05) is 0 Å². The van der Waals surface area contributed by atoms with Crippen molar-refractivity contribution in [2.75, 3.05) is 6.54 Å². The van der Waals surface area contributed by atoms with E-state index in [-0.39, 0.29) is 5.92 Å². The summed E-state index contributed by atoms with van der Waals surface area (Å²) in [5.41, 5.74) is 0. The molecule has 1 N–H and O–H groups in total. The summed E-state index contributed by atoms with van der Waals surface area (Å²) < 4.78 is 0. The molecule has 0 saturated heterocycles. The smallest absolute Gasteiger partial charge is 0.207 e. The topological polar surface area (TPSA) is 46.2 Å². The molecule has 0 heterocycles. The number of amides is 1. The van der Waals surface area contributed by atoms with Gasteiger partial charge >= 0.3 is 0 Å². The van der Waals surface area contributed by atoms with Crippen molar-refractivity contribution in [3.05, 3.63) is 0 Å². The molecule has 0 spiro atoms. The fourth-order valence-electron chi connectivity index (χ4n) is 1.46. The Morgan fingerprint density at radius 3 is 3.00 bits per heavy atom. The zero-order valence-electron chi connectivity index (χ0n) is 6.51. The molecule has 1 aliphatic rings. The van der Waals surface area contributed by atoms with E-state index in [1.165, 1.54) is 0 Å². The van der Waals surface area contributed by atoms with Gasteiger partial charge in [0, 0.05) is 18.9 Å². The van der Waals surface area contributed by atoms with Gasteiger partial charge in [0.05, 0.1) is 0 Å². The van der Waals surface area contributed by atoms with Crippen molar-refractivity contribution < 1.29 is 9.59 Å². The summed E-state index contributed by atoms with van der Waals surface area (Å²) in [6.45, 7) is 0.530. The minimum absolute atomic E-state index is 0.0916. The predicted octanol–water partition coefficient (Wildman–Crippen LogP) is 0.492. The van der Waals surface area contributed by atoms with E-state index < -0.39 is 0 Å². The predicted molar refractivity (Wildman–Crippen MR) is 41.0 cm³/mol. The molecular formula is C8H13NO2. The number of hydrogen-bond acceptors (Lipinski definition) is 2. The third kappa shape index (κ3) is 2.33. The van der Waals surface area contributed by atoms with Gasteiger partial charge in [0.1, 0.15) is 5.78 Å². The van der Waals surface area contributed by atoms with E-state index in [0.717, 1.165) is 19.3 Å². The van der Waals surface area contributed by atoms with Crippen LogP contribution in [0.1, 0.15) is 25.7 Å². The molecule has 0 aromatic rings. The van der Waals surface area contributed by atoms with Crippen LogP contribution < -0.4 is 5.32 Å². The number of hydrogen-bond donors (Lipinski definition) is 1. The fourth-order valence-corrected chi connectivity index (χ4v) is 1.46. The molecule has 3 nitrogen and oxygen atoms in total. The number of carbonyl (C=O) groups excluding carboxylic acids is 2. The number of nitrogens with one attached hydrogen (secondary N) is 1. The summed E-state index contributed by atoms with van der Waals surface area (Å²) in [6.07, 6.45) is 4.44. The van der Waals surface area contributed by atoms with Gasteiger partial charge in [-0.2, -0.15) is 0 Å². The first-order valence-corrected chi connectivity index (χ1v) is 4.04. The Morgan fingerprint density at radius 2 is 2.36 bits per heavy atom. The van der Waals surface area contributed by atoms with Gasteiger partial charge in [0.25, 0.3) is 0 Å². The third-order valence-corrected chi connectivity index (χ3v) is 2.13. The van der Waals surface area contributed by atoms with Crippen LogP contribution in [0.5, 0.6) is 0 Å². The Kier molecular flexibility index (Phi) is 3.08. The fraction of sp³-hybridized carbons (Fsp3) is 0.750. The molecule has 1 fully saturated rings. The third-order valence-electron chi connectivity index (χ3n) is 2.13.